The molecule has 1 fully saturated rings. The van der Waals surface area contributed by atoms with Crippen LogP contribution in [0.2, 0.25) is 5.02 Å². The van der Waals surface area contributed by atoms with E-state index in [1.54, 1.807) is 13.3 Å². The summed E-state index contributed by atoms with van der Waals surface area (Å²) in [7, 11) is 1.35. The Bertz CT molecular complexity index is 1210. The molecule has 1 saturated heterocycles. The smallest absolute Gasteiger partial charge is 0.229 e. The lowest BCUT2D eigenvalue weighted by Gasteiger charge is -2.30. The number of hydrogen-bond donors (Lipinski definition) is 2. The summed E-state index contributed by atoms with van der Waals surface area (Å²) in [6.07, 6.45) is 1.61. The fourth-order valence-electron chi connectivity index (χ4n) is 4.33. The maximum absolute atomic E-state index is 6.49. The molecule has 0 unspecified atom stereocenters. The number of aryl methyl sites for hydroxylation is 2. The summed E-state index contributed by atoms with van der Waals surface area (Å²) in [5.74, 6) is 1.73. The summed E-state index contributed by atoms with van der Waals surface area (Å²) in [6, 6.07) is 8.35. The van der Waals surface area contributed by atoms with E-state index < -0.39 is 0 Å². The molecule has 0 bridgehead atoms. The number of methoxy groups -OCH3 is 1. The molecule has 1 aliphatic rings. The van der Waals surface area contributed by atoms with Crippen LogP contribution in [0.1, 0.15) is 16.7 Å². The van der Waals surface area contributed by atoms with Crippen molar-refractivity contribution >= 4 is 53.7 Å². The van der Waals surface area contributed by atoms with Crippen LogP contribution in [0.4, 0.5) is 28.8 Å². The summed E-state index contributed by atoms with van der Waals surface area (Å²) in [6.45, 7) is 14.1. The van der Waals surface area contributed by atoms with Gasteiger partial charge >= 0.3 is 0 Å². The van der Waals surface area contributed by atoms with Gasteiger partial charge in [0.25, 0.3) is 0 Å². The first-order valence-corrected chi connectivity index (χ1v) is 14.2. The number of ether oxygens (including phenoxy) is 2. The molecule has 0 radical (unpaired) electrons. The molecule has 2 aromatic carbocycles. The minimum Gasteiger partial charge on any atom is -0.494 e. The Morgan fingerprint density at radius 3 is 2.46 bits per heavy atom. The Labute approximate surface area is 214 Å². The number of aromatic nitrogens is 2. The standard InChI is InChI=1S/C26H33ClN5O2P/c1-16-7-8-20(24(18(16)3)35(5)6)29-25-19(27)15-28-26(31-25)30-21-13-17(2)22(14-23(21)33-4)32-9-11-34-12-10-32/h7-8,13-15H,9-12H2,1-6H3,(H2,28,29,30,31). The maximum Gasteiger partial charge on any atom is 0.229 e. The molecule has 0 aliphatic carbocycles. The molecule has 186 valence electrons. The molecule has 0 amide bonds. The van der Waals surface area contributed by atoms with Gasteiger partial charge in [0.05, 0.1) is 32.2 Å². The van der Waals surface area contributed by atoms with Crippen molar-refractivity contribution in [3.8, 4) is 5.75 Å². The summed E-state index contributed by atoms with van der Waals surface area (Å²) >= 11 is 6.49. The molecular weight excluding hydrogens is 481 g/mol. The number of halogens is 1. The monoisotopic (exact) mass is 513 g/mol. The van der Waals surface area contributed by atoms with E-state index in [1.165, 1.54) is 16.4 Å². The highest BCUT2D eigenvalue weighted by Crippen LogP contribution is 2.36. The van der Waals surface area contributed by atoms with Crippen LogP contribution in [-0.2, 0) is 4.74 Å². The average Bonchev–Trinajstić information content (AvgIpc) is 2.84. The third kappa shape index (κ3) is 5.64. The molecule has 1 aliphatic heterocycles. The molecule has 35 heavy (non-hydrogen) atoms. The van der Waals surface area contributed by atoms with Gasteiger partial charge in [-0.1, -0.05) is 25.6 Å². The maximum atomic E-state index is 6.49. The van der Waals surface area contributed by atoms with Crippen LogP contribution in [-0.4, -0.2) is 56.7 Å². The first kappa shape index (κ1) is 25.5. The quantitative estimate of drug-likeness (QED) is 0.389. The van der Waals surface area contributed by atoms with E-state index >= 15 is 0 Å². The SMILES string of the molecule is COc1cc(N2CCOCC2)c(C)cc1Nc1ncc(Cl)c(Nc2ccc(C)c(C)c2P(C)C)n1. The van der Waals surface area contributed by atoms with Gasteiger partial charge in [0.1, 0.15) is 10.8 Å². The predicted molar refractivity (Wildman–Crippen MR) is 149 cm³/mol. The molecular formula is C26H33ClN5O2P. The van der Waals surface area contributed by atoms with E-state index in [0.29, 0.717) is 16.8 Å². The zero-order chi connectivity index (χ0) is 25.1. The predicted octanol–water partition coefficient (Wildman–Crippen LogP) is 5.75. The fraction of sp³-hybridized carbons (Fsp3) is 0.385. The summed E-state index contributed by atoms with van der Waals surface area (Å²) in [5.41, 5.74) is 6.69. The van der Waals surface area contributed by atoms with E-state index in [0.717, 1.165) is 54.7 Å². The summed E-state index contributed by atoms with van der Waals surface area (Å²) in [4.78, 5) is 11.4. The van der Waals surface area contributed by atoms with Gasteiger partial charge in [-0.15, -0.1) is 0 Å². The molecule has 9 heteroatoms. The normalized spacial score (nSPS) is 13.8. The number of nitrogens with one attached hydrogen (secondary N) is 2. The molecule has 0 saturated carbocycles. The van der Waals surface area contributed by atoms with Crippen molar-refractivity contribution in [2.45, 2.75) is 20.8 Å². The summed E-state index contributed by atoms with van der Waals surface area (Å²) in [5, 5.41) is 8.55. The average molecular weight is 514 g/mol. The molecule has 7 nitrogen and oxygen atoms in total. The van der Waals surface area contributed by atoms with Gasteiger partial charge < -0.3 is 25.0 Å². The second-order valence-electron chi connectivity index (χ2n) is 8.88. The van der Waals surface area contributed by atoms with Crippen LogP contribution in [0.5, 0.6) is 5.75 Å². The van der Waals surface area contributed by atoms with E-state index in [1.807, 2.05) is 0 Å². The van der Waals surface area contributed by atoms with E-state index in [-0.39, 0.29) is 7.92 Å². The van der Waals surface area contributed by atoms with Crippen molar-refractivity contribution in [3.05, 3.63) is 52.2 Å². The number of rotatable bonds is 7. The highest BCUT2D eigenvalue weighted by Gasteiger charge is 2.18. The third-order valence-electron chi connectivity index (χ3n) is 6.26. The molecule has 1 aromatic heterocycles. The number of hydrogen-bond acceptors (Lipinski definition) is 7. The second kappa shape index (κ2) is 11.0. The van der Waals surface area contributed by atoms with Crippen LogP contribution in [0.3, 0.4) is 0 Å². The lowest BCUT2D eigenvalue weighted by Crippen LogP contribution is -2.36. The zero-order valence-electron chi connectivity index (χ0n) is 21.2. The number of nitrogens with zero attached hydrogens (tertiary/aromatic N) is 3. The zero-order valence-corrected chi connectivity index (χ0v) is 22.8. The van der Waals surface area contributed by atoms with Crippen LogP contribution in [0.15, 0.2) is 30.5 Å². The van der Waals surface area contributed by atoms with Crippen LogP contribution in [0.25, 0.3) is 0 Å². The first-order chi connectivity index (χ1) is 16.8. The van der Waals surface area contributed by atoms with Crippen molar-refractivity contribution in [1.82, 2.24) is 9.97 Å². The molecule has 0 atom stereocenters. The van der Waals surface area contributed by atoms with E-state index in [2.05, 4.69) is 78.9 Å². The summed E-state index contributed by atoms with van der Waals surface area (Å²) < 4.78 is 11.2. The van der Waals surface area contributed by atoms with Gasteiger partial charge in [0, 0.05) is 35.8 Å². The Morgan fingerprint density at radius 2 is 1.77 bits per heavy atom. The minimum absolute atomic E-state index is 0.319. The van der Waals surface area contributed by atoms with Gasteiger partial charge in [-0.3, -0.25) is 0 Å². The minimum atomic E-state index is -0.319. The van der Waals surface area contributed by atoms with Crippen molar-refractivity contribution < 1.29 is 9.47 Å². The number of morpholine rings is 1. The molecule has 2 N–H and O–H groups in total. The largest absolute Gasteiger partial charge is 0.494 e. The number of benzene rings is 2. The van der Waals surface area contributed by atoms with Crippen molar-refractivity contribution in [2.24, 2.45) is 0 Å². The second-order valence-corrected chi connectivity index (χ2v) is 11.5. The molecule has 3 aromatic rings. The fourth-order valence-corrected chi connectivity index (χ4v) is 5.93. The Hall–Kier alpha value is -2.60. The Balaban J connectivity index is 1.63. The lowest BCUT2D eigenvalue weighted by atomic mass is 10.1. The van der Waals surface area contributed by atoms with E-state index in [4.69, 9.17) is 26.1 Å². The molecule has 2 heterocycles. The molecule has 4 rings (SSSR count). The first-order valence-electron chi connectivity index (χ1n) is 11.6. The van der Waals surface area contributed by atoms with E-state index in [9.17, 15) is 0 Å². The van der Waals surface area contributed by atoms with Gasteiger partial charge in [-0.05, 0) is 62.9 Å². The van der Waals surface area contributed by atoms with Crippen molar-refractivity contribution in [1.29, 1.82) is 0 Å². The van der Waals surface area contributed by atoms with Gasteiger partial charge in [-0.2, -0.15) is 4.98 Å². The number of anilines is 5. The van der Waals surface area contributed by atoms with Gasteiger partial charge in [0.15, 0.2) is 5.82 Å². The van der Waals surface area contributed by atoms with Crippen LogP contribution < -0.4 is 25.6 Å². The lowest BCUT2D eigenvalue weighted by molar-refractivity contribution is 0.122. The highest BCUT2D eigenvalue weighted by molar-refractivity contribution is 7.64. The highest BCUT2D eigenvalue weighted by atomic mass is 35.5. The van der Waals surface area contributed by atoms with Gasteiger partial charge in [-0.25, -0.2) is 4.98 Å². The topological polar surface area (TPSA) is 71.5 Å². The van der Waals surface area contributed by atoms with Crippen molar-refractivity contribution in [2.75, 3.05) is 62.3 Å². The Kier molecular flexibility index (Phi) is 8.00. The van der Waals surface area contributed by atoms with Gasteiger partial charge in [0.2, 0.25) is 5.95 Å². The third-order valence-corrected chi connectivity index (χ3v) is 8.01. The van der Waals surface area contributed by atoms with Crippen LogP contribution in [0, 0.1) is 20.8 Å². The van der Waals surface area contributed by atoms with Crippen molar-refractivity contribution in [3.63, 3.8) is 0 Å². The molecule has 0 spiro atoms. The van der Waals surface area contributed by atoms with Crippen LogP contribution >= 0.6 is 19.5 Å². The Morgan fingerprint density at radius 1 is 1.03 bits per heavy atom.